The summed E-state index contributed by atoms with van der Waals surface area (Å²) < 4.78 is 5.05. The number of esters is 1. The van der Waals surface area contributed by atoms with Crippen LogP contribution in [0, 0.1) is 5.92 Å². The topological polar surface area (TPSA) is 39.2 Å². The molecule has 0 saturated heterocycles. The number of hydrogen-bond donors (Lipinski definition) is 0. The second kappa shape index (κ2) is 5.30. The van der Waals surface area contributed by atoms with Crippen LogP contribution in [0.15, 0.2) is 12.3 Å². The molecule has 1 atom stereocenters. The van der Waals surface area contributed by atoms with Gasteiger partial charge in [-0.1, -0.05) is 13.3 Å². The molecule has 0 aliphatic heterocycles. The summed E-state index contributed by atoms with van der Waals surface area (Å²) in [5.41, 5.74) is 2.91. The molecule has 3 heteroatoms. The summed E-state index contributed by atoms with van der Waals surface area (Å²) in [6.07, 6.45) is 6.11. The fourth-order valence-corrected chi connectivity index (χ4v) is 2.49. The third-order valence-electron chi connectivity index (χ3n) is 3.51. The van der Waals surface area contributed by atoms with Crippen LogP contribution in [0.25, 0.3) is 0 Å². The lowest BCUT2D eigenvalue weighted by molar-refractivity contribution is 0.0517. The van der Waals surface area contributed by atoms with Crippen molar-refractivity contribution < 1.29 is 9.53 Å². The number of carbonyl (C=O) groups is 1. The zero-order valence-corrected chi connectivity index (χ0v) is 10.5. The van der Waals surface area contributed by atoms with Crippen LogP contribution >= 0.6 is 0 Å². The summed E-state index contributed by atoms with van der Waals surface area (Å²) >= 11 is 0. The Morgan fingerprint density at radius 1 is 1.53 bits per heavy atom. The highest BCUT2D eigenvalue weighted by molar-refractivity contribution is 5.89. The van der Waals surface area contributed by atoms with Crippen LogP contribution in [0.3, 0.4) is 0 Å². The van der Waals surface area contributed by atoms with Gasteiger partial charge in [-0.3, -0.25) is 0 Å². The van der Waals surface area contributed by atoms with Gasteiger partial charge in [0.15, 0.2) is 5.69 Å². The Hall–Kier alpha value is -1.38. The van der Waals surface area contributed by atoms with Crippen molar-refractivity contribution in [1.29, 1.82) is 0 Å². The van der Waals surface area contributed by atoms with Crippen LogP contribution in [0.4, 0.5) is 0 Å². The molecule has 0 unspecified atom stereocenters. The molecule has 1 aliphatic rings. The third kappa shape index (κ3) is 2.48. The van der Waals surface area contributed by atoms with E-state index < -0.39 is 0 Å². The van der Waals surface area contributed by atoms with E-state index in [0.29, 0.717) is 12.3 Å². The van der Waals surface area contributed by atoms with Gasteiger partial charge in [0.2, 0.25) is 0 Å². The predicted molar refractivity (Wildman–Crippen MR) is 66.0 cm³/mol. The number of nitrogens with zero attached hydrogens (tertiary/aromatic N) is 1. The summed E-state index contributed by atoms with van der Waals surface area (Å²) in [6, 6.07) is 2.04. The van der Waals surface area contributed by atoms with Crippen LogP contribution in [0.2, 0.25) is 0 Å². The Morgan fingerprint density at radius 3 is 3.06 bits per heavy atom. The molecule has 2 rings (SSSR count). The smallest absolute Gasteiger partial charge is 0.357 e. The van der Waals surface area contributed by atoms with Gasteiger partial charge < -0.3 is 4.74 Å². The van der Waals surface area contributed by atoms with Crippen molar-refractivity contribution in [1.82, 2.24) is 4.98 Å². The van der Waals surface area contributed by atoms with Crippen molar-refractivity contribution in [3.05, 3.63) is 29.1 Å². The molecular weight excluding hydrogens is 214 g/mol. The lowest BCUT2D eigenvalue weighted by atomic mass is 9.82. The Balaban J connectivity index is 2.28. The van der Waals surface area contributed by atoms with Crippen molar-refractivity contribution in [2.24, 2.45) is 5.92 Å². The van der Waals surface area contributed by atoms with Crippen LogP contribution in [0.1, 0.15) is 48.3 Å². The minimum atomic E-state index is -0.278. The summed E-state index contributed by atoms with van der Waals surface area (Å²) in [5.74, 6) is 0.472. The molecule has 0 spiro atoms. The molecule has 0 fully saturated rings. The van der Waals surface area contributed by atoms with E-state index in [9.17, 15) is 4.79 Å². The molecule has 3 nitrogen and oxygen atoms in total. The first-order valence-electron chi connectivity index (χ1n) is 6.40. The Kier molecular flexibility index (Phi) is 3.77. The fraction of sp³-hybridized carbons (Fsp3) is 0.571. The highest BCUT2D eigenvalue weighted by Gasteiger charge is 2.23. The van der Waals surface area contributed by atoms with Gasteiger partial charge in [-0.05, 0) is 49.3 Å². The van der Waals surface area contributed by atoms with Crippen molar-refractivity contribution in [3.8, 4) is 0 Å². The number of ether oxygens (including phenoxy) is 1. The molecule has 0 aromatic carbocycles. The molecule has 0 bridgehead atoms. The van der Waals surface area contributed by atoms with Gasteiger partial charge >= 0.3 is 5.97 Å². The predicted octanol–water partition coefficient (Wildman–Crippen LogP) is 2.77. The number of carbonyl (C=O) groups excluding carboxylic acids is 1. The van der Waals surface area contributed by atoms with E-state index in [-0.39, 0.29) is 5.97 Å². The molecule has 0 radical (unpaired) electrons. The maximum absolute atomic E-state index is 11.8. The summed E-state index contributed by atoms with van der Waals surface area (Å²) in [6.45, 7) is 4.45. The van der Waals surface area contributed by atoms with Crippen LogP contribution in [-0.4, -0.2) is 17.6 Å². The van der Waals surface area contributed by atoms with Crippen LogP contribution in [0.5, 0.6) is 0 Å². The Morgan fingerprint density at radius 2 is 2.35 bits per heavy atom. The number of pyridine rings is 1. The molecule has 92 valence electrons. The molecule has 1 aromatic heterocycles. The van der Waals surface area contributed by atoms with E-state index in [1.807, 2.05) is 13.0 Å². The number of hydrogen-bond acceptors (Lipinski definition) is 3. The minimum Gasteiger partial charge on any atom is -0.461 e. The lowest BCUT2D eigenvalue weighted by Gasteiger charge is -2.24. The van der Waals surface area contributed by atoms with Gasteiger partial charge in [-0.15, -0.1) is 0 Å². The molecule has 0 saturated carbocycles. The maximum Gasteiger partial charge on any atom is 0.357 e. The third-order valence-corrected chi connectivity index (χ3v) is 3.51. The molecule has 1 aliphatic carbocycles. The van der Waals surface area contributed by atoms with E-state index in [2.05, 4.69) is 11.9 Å². The lowest BCUT2D eigenvalue weighted by Crippen LogP contribution is -2.19. The van der Waals surface area contributed by atoms with Gasteiger partial charge in [0, 0.05) is 6.20 Å². The van der Waals surface area contributed by atoms with E-state index >= 15 is 0 Å². The second-order valence-electron chi connectivity index (χ2n) is 4.53. The van der Waals surface area contributed by atoms with Gasteiger partial charge in [-0.25, -0.2) is 9.78 Å². The zero-order chi connectivity index (χ0) is 12.3. The highest BCUT2D eigenvalue weighted by atomic mass is 16.5. The van der Waals surface area contributed by atoms with Crippen molar-refractivity contribution in [2.45, 2.75) is 39.5 Å². The Bertz CT molecular complexity index is 415. The first kappa shape index (κ1) is 12.1. The molecule has 1 aromatic rings. The Labute approximate surface area is 102 Å². The monoisotopic (exact) mass is 233 g/mol. The van der Waals surface area contributed by atoms with Gasteiger partial charge in [-0.2, -0.15) is 0 Å². The van der Waals surface area contributed by atoms with Crippen LogP contribution in [-0.2, 0) is 17.6 Å². The van der Waals surface area contributed by atoms with E-state index in [1.54, 1.807) is 6.20 Å². The van der Waals surface area contributed by atoms with Gasteiger partial charge in [0.05, 0.1) is 6.61 Å². The largest absolute Gasteiger partial charge is 0.461 e. The summed E-state index contributed by atoms with van der Waals surface area (Å²) in [7, 11) is 0. The van der Waals surface area contributed by atoms with Gasteiger partial charge in [0.1, 0.15) is 0 Å². The maximum atomic E-state index is 11.8. The number of rotatable bonds is 3. The molecule has 17 heavy (non-hydrogen) atoms. The highest BCUT2D eigenvalue weighted by Crippen LogP contribution is 2.28. The second-order valence-corrected chi connectivity index (χ2v) is 4.53. The number of aromatic nitrogens is 1. The average molecular weight is 233 g/mol. The van der Waals surface area contributed by atoms with E-state index in [0.717, 1.165) is 30.7 Å². The van der Waals surface area contributed by atoms with E-state index in [1.165, 1.54) is 12.0 Å². The SMILES string of the molecule is CCOC(=O)c1nccc2c1CC[C@H](CC)C2. The summed E-state index contributed by atoms with van der Waals surface area (Å²) in [5, 5.41) is 0. The quantitative estimate of drug-likeness (QED) is 0.753. The zero-order valence-electron chi connectivity index (χ0n) is 10.5. The normalized spacial score (nSPS) is 18.6. The first-order chi connectivity index (χ1) is 8.26. The molecule has 0 amide bonds. The van der Waals surface area contributed by atoms with Crippen molar-refractivity contribution in [3.63, 3.8) is 0 Å². The number of fused-ring (bicyclic) bond motifs is 1. The van der Waals surface area contributed by atoms with Crippen molar-refractivity contribution in [2.75, 3.05) is 6.61 Å². The van der Waals surface area contributed by atoms with E-state index in [4.69, 9.17) is 4.74 Å². The van der Waals surface area contributed by atoms with Gasteiger partial charge in [0.25, 0.3) is 0 Å². The molecular formula is C14H19NO2. The fourth-order valence-electron chi connectivity index (χ4n) is 2.49. The summed E-state index contributed by atoms with van der Waals surface area (Å²) in [4.78, 5) is 16.0. The first-order valence-corrected chi connectivity index (χ1v) is 6.40. The minimum absolute atomic E-state index is 0.278. The van der Waals surface area contributed by atoms with Crippen molar-refractivity contribution >= 4 is 5.97 Å². The molecule has 1 heterocycles. The average Bonchev–Trinajstić information content (AvgIpc) is 2.37. The standard InChI is InChI=1S/C14H19NO2/c1-3-10-5-6-12-11(9-10)7-8-15-13(12)14(16)17-4-2/h7-8,10H,3-6,9H2,1-2H3/t10-/m0/s1. The van der Waals surface area contributed by atoms with Crippen LogP contribution < -0.4 is 0 Å². The molecule has 0 N–H and O–H groups in total.